The van der Waals surface area contributed by atoms with Gasteiger partial charge in [0.25, 0.3) is 5.91 Å². The number of carbonyl (C=O) groups is 3. The van der Waals surface area contributed by atoms with E-state index in [1.807, 2.05) is 26.8 Å². The number of unbranched alkanes of at least 4 members (excludes halogenated alkanes) is 3. The fourth-order valence-electron chi connectivity index (χ4n) is 4.51. The zero-order chi connectivity index (χ0) is 30.9. The summed E-state index contributed by atoms with van der Waals surface area (Å²) < 4.78 is 5.45. The molecule has 2 atom stereocenters. The maximum absolute atomic E-state index is 14.3. The largest absolute Gasteiger partial charge is 0.508 e. The Labute approximate surface area is 249 Å². The molecule has 0 saturated carbocycles. The van der Waals surface area contributed by atoms with Gasteiger partial charge < -0.3 is 25.4 Å². The van der Waals surface area contributed by atoms with Crippen LogP contribution in [0.25, 0.3) is 0 Å². The molecule has 9 heteroatoms. The number of nitrogens with zero attached hydrogens (tertiary/aromatic N) is 1. The lowest BCUT2D eigenvalue weighted by Gasteiger charge is -2.36. The van der Waals surface area contributed by atoms with Crippen LogP contribution in [0.4, 0.5) is 10.5 Å². The number of anilines is 1. The van der Waals surface area contributed by atoms with Gasteiger partial charge in [0.2, 0.25) is 5.91 Å². The third-order valence-corrected chi connectivity index (χ3v) is 7.02. The third-order valence-electron chi connectivity index (χ3n) is 6.71. The highest BCUT2D eigenvalue weighted by atomic mass is 35.5. The van der Waals surface area contributed by atoms with Crippen LogP contribution < -0.4 is 10.6 Å². The molecule has 0 aliphatic rings. The summed E-state index contributed by atoms with van der Waals surface area (Å²) in [6, 6.07) is 8.21. The van der Waals surface area contributed by atoms with Crippen LogP contribution in [0.1, 0.15) is 90.0 Å². The average molecular weight is 588 g/mol. The van der Waals surface area contributed by atoms with Crippen molar-refractivity contribution >= 4 is 35.2 Å². The van der Waals surface area contributed by atoms with Crippen LogP contribution in [0.15, 0.2) is 36.4 Å². The predicted molar refractivity (Wildman–Crippen MR) is 164 cm³/mol. The summed E-state index contributed by atoms with van der Waals surface area (Å²) >= 11 is 6.44. The summed E-state index contributed by atoms with van der Waals surface area (Å²) in [7, 11) is 0. The Balaban J connectivity index is 2.61. The van der Waals surface area contributed by atoms with Crippen molar-refractivity contribution in [2.45, 2.75) is 98.8 Å². The van der Waals surface area contributed by atoms with Crippen molar-refractivity contribution in [1.82, 2.24) is 10.2 Å². The molecule has 0 bridgehead atoms. The number of rotatable bonds is 12. The van der Waals surface area contributed by atoms with Crippen LogP contribution in [-0.4, -0.2) is 46.1 Å². The number of amides is 3. The van der Waals surface area contributed by atoms with Gasteiger partial charge in [-0.1, -0.05) is 69.8 Å². The molecule has 3 N–H and O–H groups in total. The summed E-state index contributed by atoms with van der Waals surface area (Å²) in [5, 5.41) is 16.3. The number of alkyl carbamates (subject to hydrolysis) is 1. The van der Waals surface area contributed by atoms with E-state index in [2.05, 4.69) is 17.6 Å². The number of phenols is 1. The van der Waals surface area contributed by atoms with Gasteiger partial charge in [-0.3, -0.25) is 9.59 Å². The van der Waals surface area contributed by atoms with Gasteiger partial charge in [-0.25, -0.2) is 4.79 Å². The van der Waals surface area contributed by atoms with E-state index in [0.29, 0.717) is 28.3 Å². The SMILES string of the molecule is CCCCCCN(C(=O)C(NC(=O)OC(C)(C)C)C(C)C)C(C(=O)Nc1c(C)cccc1Cl)c1ccc(O)c(C)c1. The minimum Gasteiger partial charge on any atom is -0.508 e. The number of nitrogens with one attached hydrogen (secondary N) is 2. The molecule has 2 aromatic carbocycles. The molecule has 3 amide bonds. The van der Waals surface area contributed by atoms with Crippen LogP contribution in [0.2, 0.25) is 5.02 Å². The zero-order valence-corrected chi connectivity index (χ0v) is 26.4. The summed E-state index contributed by atoms with van der Waals surface area (Å²) in [5.41, 5.74) is 1.60. The van der Waals surface area contributed by atoms with Gasteiger partial charge in [-0.15, -0.1) is 0 Å². The topological polar surface area (TPSA) is 108 Å². The molecule has 0 aliphatic carbocycles. The number of hydrogen-bond donors (Lipinski definition) is 3. The summed E-state index contributed by atoms with van der Waals surface area (Å²) in [5.74, 6) is -1.05. The number of carbonyl (C=O) groups excluding carboxylic acids is 3. The fourth-order valence-corrected chi connectivity index (χ4v) is 4.77. The minimum atomic E-state index is -1.05. The Morgan fingerprint density at radius 3 is 2.27 bits per heavy atom. The molecule has 2 rings (SSSR count). The van der Waals surface area contributed by atoms with Crippen LogP contribution in [0, 0.1) is 19.8 Å². The minimum absolute atomic E-state index is 0.0855. The number of ether oxygens (including phenoxy) is 1. The first-order chi connectivity index (χ1) is 19.2. The number of phenolic OH excluding ortho intramolecular Hbond substituents is 1. The van der Waals surface area contributed by atoms with E-state index in [0.717, 1.165) is 24.8 Å². The van der Waals surface area contributed by atoms with E-state index in [1.165, 1.54) is 11.0 Å². The lowest BCUT2D eigenvalue weighted by Crippen LogP contribution is -2.54. The van der Waals surface area contributed by atoms with Crippen molar-refractivity contribution in [2.24, 2.45) is 5.92 Å². The van der Waals surface area contributed by atoms with Gasteiger partial charge in [-0.2, -0.15) is 0 Å². The molecular formula is C32H46ClN3O5. The molecule has 2 aromatic rings. The van der Waals surface area contributed by atoms with Crippen molar-refractivity contribution in [3.8, 4) is 5.75 Å². The normalized spacial score (nSPS) is 12.9. The van der Waals surface area contributed by atoms with E-state index in [1.54, 1.807) is 52.0 Å². The van der Waals surface area contributed by atoms with Gasteiger partial charge in [-0.05, 0) is 81.8 Å². The molecule has 0 aliphatic heterocycles. The Kier molecular flexibility index (Phi) is 12.5. The molecule has 2 unspecified atom stereocenters. The standard InChI is InChI=1S/C32H46ClN3O5/c1-9-10-11-12-18-36(30(39)26(20(2)3)35-31(40)41-32(6,7)8)28(23-16-17-25(37)22(5)19-23)29(38)34-27-21(4)14-13-15-24(27)33/h13-17,19-20,26,28,37H,9-12,18H2,1-8H3,(H,34,38)(H,35,40). The second-order valence-corrected chi connectivity index (χ2v) is 12.2. The van der Waals surface area contributed by atoms with Crippen molar-refractivity contribution < 1.29 is 24.2 Å². The Morgan fingerprint density at radius 1 is 1.02 bits per heavy atom. The molecule has 0 radical (unpaired) electrons. The van der Waals surface area contributed by atoms with Crippen LogP contribution in [0.3, 0.4) is 0 Å². The second kappa shape index (κ2) is 15.1. The predicted octanol–water partition coefficient (Wildman–Crippen LogP) is 7.30. The Hall–Kier alpha value is -3.26. The van der Waals surface area contributed by atoms with Crippen molar-refractivity contribution in [2.75, 3.05) is 11.9 Å². The maximum atomic E-state index is 14.3. The summed E-state index contributed by atoms with van der Waals surface area (Å²) in [6.07, 6.45) is 2.83. The smallest absolute Gasteiger partial charge is 0.408 e. The molecule has 0 heterocycles. The highest BCUT2D eigenvalue weighted by Gasteiger charge is 2.37. The highest BCUT2D eigenvalue weighted by Crippen LogP contribution is 2.31. The van der Waals surface area contributed by atoms with E-state index < -0.39 is 35.6 Å². The zero-order valence-electron chi connectivity index (χ0n) is 25.6. The van der Waals surface area contributed by atoms with E-state index in [9.17, 15) is 19.5 Å². The molecule has 0 spiro atoms. The monoisotopic (exact) mass is 587 g/mol. The first-order valence-corrected chi connectivity index (χ1v) is 14.7. The van der Waals surface area contributed by atoms with Crippen molar-refractivity contribution in [3.05, 3.63) is 58.1 Å². The second-order valence-electron chi connectivity index (χ2n) is 11.8. The number of hydrogen-bond acceptors (Lipinski definition) is 5. The van der Waals surface area contributed by atoms with Gasteiger partial charge in [0, 0.05) is 6.54 Å². The number of halogens is 1. The quantitative estimate of drug-likeness (QED) is 0.226. The van der Waals surface area contributed by atoms with Crippen molar-refractivity contribution in [1.29, 1.82) is 0 Å². The number of aromatic hydroxyl groups is 1. The van der Waals surface area contributed by atoms with Gasteiger partial charge in [0.15, 0.2) is 0 Å². The number of benzene rings is 2. The van der Waals surface area contributed by atoms with Gasteiger partial charge >= 0.3 is 6.09 Å². The molecule has 0 fully saturated rings. The lowest BCUT2D eigenvalue weighted by molar-refractivity contribution is -0.141. The van der Waals surface area contributed by atoms with E-state index >= 15 is 0 Å². The lowest BCUT2D eigenvalue weighted by atomic mass is 9.97. The Morgan fingerprint density at radius 2 is 1.71 bits per heavy atom. The molecule has 41 heavy (non-hydrogen) atoms. The van der Waals surface area contributed by atoms with E-state index in [-0.39, 0.29) is 18.2 Å². The van der Waals surface area contributed by atoms with E-state index in [4.69, 9.17) is 16.3 Å². The molecule has 226 valence electrons. The maximum Gasteiger partial charge on any atom is 0.408 e. The Bertz CT molecular complexity index is 1190. The van der Waals surface area contributed by atoms with Crippen molar-refractivity contribution in [3.63, 3.8) is 0 Å². The number of para-hydroxylation sites is 1. The third kappa shape index (κ3) is 9.95. The van der Waals surface area contributed by atoms with Crippen LogP contribution in [-0.2, 0) is 14.3 Å². The number of aryl methyl sites for hydroxylation is 2. The molecular weight excluding hydrogens is 542 g/mol. The summed E-state index contributed by atoms with van der Waals surface area (Å²) in [6.45, 7) is 14.9. The van der Waals surface area contributed by atoms with Crippen LogP contribution >= 0.6 is 11.6 Å². The summed E-state index contributed by atoms with van der Waals surface area (Å²) in [4.78, 5) is 42.7. The molecule has 8 nitrogen and oxygen atoms in total. The van der Waals surface area contributed by atoms with Gasteiger partial charge in [0.1, 0.15) is 23.4 Å². The first kappa shape index (κ1) is 33.9. The average Bonchev–Trinajstić information content (AvgIpc) is 2.87. The van der Waals surface area contributed by atoms with Gasteiger partial charge in [0.05, 0.1) is 10.7 Å². The van der Waals surface area contributed by atoms with Crippen LogP contribution in [0.5, 0.6) is 5.75 Å². The fraction of sp³-hybridized carbons (Fsp3) is 0.531. The molecule has 0 aromatic heterocycles. The highest BCUT2D eigenvalue weighted by molar-refractivity contribution is 6.34. The molecule has 0 saturated heterocycles. The first-order valence-electron chi connectivity index (χ1n) is 14.3.